The second-order valence-electron chi connectivity index (χ2n) is 6.23. The number of pyridine rings is 2. The highest BCUT2D eigenvalue weighted by Crippen LogP contribution is 2.16. The number of hydrogen-bond acceptors (Lipinski definition) is 5. The van der Waals surface area contributed by atoms with Crippen molar-refractivity contribution in [2.75, 3.05) is 5.32 Å². The van der Waals surface area contributed by atoms with Crippen LogP contribution in [0.2, 0.25) is 0 Å². The van der Waals surface area contributed by atoms with Crippen LogP contribution >= 0.6 is 0 Å². The molecule has 0 aliphatic carbocycles. The first-order valence-electron chi connectivity index (χ1n) is 8.49. The molecule has 0 radical (unpaired) electrons. The molecule has 140 valence electrons. The molecule has 0 saturated heterocycles. The summed E-state index contributed by atoms with van der Waals surface area (Å²) in [6.07, 6.45) is 1.54. The van der Waals surface area contributed by atoms with Gasteiger partial charge in [-0.2, -0.15) is 0 Å². The van der Waals surface area contributed by atoms with Gasteiger partial charge in [0.2, 0.25) is 0 Å². The van der Waals surface area contributed by atoms with E-state index in [4.69, 9.17) is 4.52 Å². The number of nitrogens with zero attached hydrogens (tertiary/aromatic N) is 3. The van der Waals surface area contributed by atoms with Crippen LogP contribution < -0.4 is 10.9 Å². The standard InChI is InChI=1S/C20H15FN4O3/c1-12-9-17(24-28-12)23-19(26)15-10-13-6-4-8-22-18(13)25(20(15)27)11-14-5-2-3-7-16(14)21/h2-10H,11H2,1H3,(H,23,24,26). The summed E-state index contributed by atoms with van der Waals surface area (Å²) < 4.78 is 20.3. The molecule has 0 atom stereocenters. The van der Waals surface area contributed by atoms with Gasteiger partial charge in [-0.25, -0.2) is 9.37 Å². The minimum Gasteiger partial charge on any atom is -0.360 e. The lowest BCUT2D eigenvalue weighted by atomic mass is 10.1. The van der Waals surface area contributed by atoms with Crippen LogP contribution in [0, 0.1) is 12.7 Å². The number of nitrogens with one attached hydrogen (secondary N) is 1. The number of rotatable bonds is 4. The molecule has 0 aliphatic rings. The summed E-state index contributed by atoms with van der Waals surface area (Å²) >= 11 is 0. The molecule has 0 aliphatic heterocycles. The van der Waals surface area contributed by atoms with Crippen molar-refractivity contribution in [3.05, 3.63) is 87.8 Å². The molecule has 0 bridgehead atoms. The van der Waals surface area contributed by atoms with Crippen LogP contribution in [0.1, 0.15) is 21.7 Å². The number of amides is 1. The molecule has 0 spiro atoms. The first-order valence-corrected chi connectivity index (χ1v) is 8.49. The van der Waals surface area contributed by atoms with Crippen LogP contribution in [-0.2, 0) is 6.54 Å². The number of benzene rings is 1. The molecule has 0 unspecified atom stereocenters. The van der Waals surface area contributed by atoms with E-state index < -0.39 is 17.3 Å². The van der Waals surface area contributed by atoms with Gasteiger partial charge in [-0.05, 0) is 31.2 Å². The first kappa shape index (κ1) is 17.6. The van der Waals surface area contributed by atoms with E-state index in [2.05, 4.69) is 15.5 Å². The van der Waals surface area contributed by atoms with Gasteiger partial charge in [0.25, 0.3) is 11.5 Å². The molecule has 8 heteroatoms. The monoisotopic (exact) mass is 378 g/mol. The second-order valence-corrected chi connectivity index (χ2v) is 6.23. The third-order valence-electron chi connectivity index (χ3n) is 4.25. The maximum atomic E-state index is 14.1. The Bertz CT molecular complexity index is 1250. The summed E-state index contributed by atoms with van der Waals surface area (Å²) in [4.78, 5) is 29.9. The molecule has 28 heavy (non-hydrogen) atoms. The summed E-state index contributed by atoms with van der Waals surface area (Å²) in [5, 5.41) is 6.82. The summed E-state index contributed by atoms with van der Waals surface area (Å²) in [6.45, 7) is 1.63. The Morgan fingerprint density at radius 2 is 2.04 bits per heavy atom. The predicted octanol–water partition coefficient (Wildman–Crippen LogP) is 3.13. The molecule has 1 amide bonds. The van der Waals surface area contributed by atoms with Crippen LogP contribution in [0.15, 0.2) is 64.0 Å². The van der Waals surface area contributed by atoms with Crippen molar-refractivity contribution >= 4 is 22.8 Å². The summed E-state index contributed by atoms with van der Waals surface area (Å²) in [5.74, 6) is -0.346. The largest absolute Gasteiger partial charge is 0.360 e. The van der Waals surface area contributed by atoms with Crippen LogP contribution in [0.5, 0.6) is 0 Å². The Balaban J connectivity index is 1.82. The highest BCUT2D eigenvalue weighted by atomic mass is 19.1. The maximum absolute atomic E-state index is 14.1. The molecule has 7 nitrogen and oxygen atoms in total. The number of hydrogen-bond donors (Lipinski definition) is 1. The lowest BCUT2D eigenvalue weighted by Crippen LogP contribution is -2.30. The average molecular weight is 378 g/mol. The number of halogens is 1. The van der Waals surface area contributed by atoms with Crippen molar-refractivity contribution in [3.63, 3.8) is 0 Å². The van der Waals surface area contributed by atoms with Gasteiger partial charge in [0, 0.05) is 23.2 Å². The van der Waals surface area contributed by atoms with Gasteiger partial charge in [-0.15, -0.1) is 0 Å². The molecule has 4 aromatic rings. The van der Waals surface area contributed by atoms with Crippen molar-refractivity contribution in [2.45, 2.75) is 13.5 Å². The number of aromatic nitrogens is 3. The fraction of sp³-hybridized carbons (Fsp3) is 0.100. The Labute approximate surface area is 158 Å². The van der Waals surface area contributed by atoms with Gasteiger partial charge in [-0.1, -0.05) is 23.4 Å². The zero-order chi connectivity index (χ0) is 19.7. The number of carbonyl (C=O) groups excluding carboxylic acids is 1. The SMILES string of the molecule is Cc1cc(NC(=O)c2cc3cccnc3n(Cc3ccccc3F)c2=O)no1. The maximum Gasteiger partial charge on any atom is 0.265 e. The predicted molar refractivity (Wildman–Crippen MR) is 101 cm³/mol. The van der Waals surface area contributed by atoms with Gasteiger partial charge in [0.15, 0.2) is 5.82 Å². The van der Waals surface area contributed by atoms with Gasteiger partial charge in [0.1, 0.15) is 22.8 Å². The molecule has 1 aromatic carbocycles. The van der Waals surface area contributed by atoms with Crippen molar-refractivity contribution in [1.82, 2.24) is 14.7 Å². The Hall–Kier alpha value is -3.81. The first-order chi connectivity index (χ1) is 13.5. The van der Waals surface area contributed by atoms with E-state index in [0.29, 0.717) is 22.4 Å². The molecule has 1 N–H and O–H groups in total. The van der Waals surface area contributed by atoms with Gasteiger partial charge in [-0.3, -0.25) is 14.2 Å². The fourth-order valence-electron chi connectivity index (χ4n) is 2.92. The molecular formula is C20H15FN4O3. The number of carbonyl (C=O) groups is 1. The van der Waals surface area contributed by atoms with E-state index in [1.54, 1.807) is 43.3 Å². The summed E-state index contributed by atoms with van der Waals surface area (Å²) in [6, 6.07) is 12.6. The summed E-state index contributed by atoms with van der Waals surface area (Å²) in [7, 11) is 0. The van der Waals surface area contributed by atoms with E-state index in [1.807, 2.05) is 0 Å². The van der Waals surface area contributed by atoms with E-state index in [-0.39, 0.29) is 17.9 Å². The van der Waals surface area contributed by atoms with Crippen LogP contribution in [-0.4, -0.2) is 20.6 Å². The number of fused-ring (bicyclic) bond motifs is 1. The Morgan fingerprint density at radius 1 is 1.21 bits per heavy atom. The third kappa shape index (κ3) is 3.27. The summed E-state index contributed by atoms with van der Waals surface area (Å²) in [5.41, 5.74) is 0.00971. The molecule has 3 aromatic heterocycles. The van der Waals surface area contributed by atoms with Crippen LogP contribution in [0.3, 0.4) is 0 Å². The minimum absolute atomic E-state index is 0.0524. The quantitative estimate of drug-likeness (QED) is 0.589. The molecule has 0 saturated carbocycles. The van der Waals surface area contributed by atoms with E-state index in [1.165, 1.54) is 22.9 Å². The van der Waals surface area contributed by atoms with Crippen molar-refractivity contribution in [3.8, 4) is 0 Å². The zero-order valence-corrected chi connectivity index (χ0v) is 14.8. The highest BCUT2D eigenvalue weighted by Gasteiger charge is 2.18. The molecule has 0 fully saturated rings. The Kier molecular flexibility index (Phi) is 4.44. The van der Waals surface area contributed by atoms with E-state index in [9.17, 15) is 14.0 Å². The van der Waals surface area contributed by atoms with Crippen molar-refractivity contribution < 1.29 is 13.7 Å². The molecule has 3 heterocycles. The number of anilines is 1. The minimum atomic E-state index is -0.633. The van der Waals surface area contributed by atoms with Crippen molar-refractivity contribution in [1.29, 1.82) is 0 Å². The lowest BCUT2D eigenvalue weighted by Gasteiger charge is -2.12. The van der Waals surface area contributed by atoms with Crippen molar-refractivity contribution in [2.24, 2.45) is 0 Å². The lowest BCUT2D eigenvalue weighted by molar-refractivity contribution is 0.102. The third-order valence-corrected chi connectivity index (χ3v) is 4.25. The second kappa shape index (κ2) is 7.07. The average Bonchev–Trinajstić information content (AvgIpc) is 3.09. The normalized spacial score (nSPS) is 10.9. The fourth-order valence-corrected chi connectivity index (χ4v) is 2.92. The topological polar surface area (TPSA) is 90.0 Å². The van der Waals surface area contributed by atoms with Gasteiger partial charge < -0.3 is 9.84 Å². The smallest absolute Gasteiger partial charge is 0.265 e. The van der Waals surface area contributed by atoms with Gasteiger partial charge in [0.05, 0.1) is 6.54 Å². The van der Waals surface area contributed by atoms with Crippen LogP contribution in [0.25, 0.3) is 11.0 Å². The molecule has 4 rings (SSSR count). The van der Waals surface area contributed by atoms with Crippen LogP contribution in [0.4, 0.5) is 10.2 Å². The number of aryl methyl sites for hydroxylation is 1. The highest BCUT2D eigenvalue weighted by molar-refractivity contribution is 6.05. The zero-order valence-electron chi connectivity index (χ0n) is 14.8. The Morgan fingerprint density at radius 3 is 2.79 bits per heavy atom. The van der Waals surface area contributed by atoms with E-state index >= 15 is 0 Å². The molecular weight excluding hydrogens is 363 g/mol. The van der Waals surface area contributed by atoms with E-state index in [0.717, 1.165) is 0 Å². The van der Waals surface area contributed by atoms with Gasteiger partial charge >= 0.3 is 0 Å².